The summed E-state index contributed by atoms with van der Waals surface area (Å²) in [6, 6.07) is 0. The van der Waals surface area contributed by atoms with E-state index in [0.29, 0.717) is 30.5 Å². The molecule has 1 aliphatic heterocycles. The maximum Gasteiger partial charge on any atom is 0.242 e. The number of rotatable bonds is 4. The molecule has 20 heavy (non-hydrogen) atoms. The fourth-order valence-corrected chi connectivity index (χ4v) is 2.26. The van der Waals surface area contributed by atoms with Crippen molar-refractivity contribution in [2.45, 2.75) is 39.1 Å². The molecule has 1 saturated heterocycles. The van der Waals surface area contributed by atoms with Gasteiger partial charge >= 0.3 is 0 Å². The Hall–Kier alpha value is -1.60. The minimum atomic E-state index is -0.234. The Morgan fingerprint density at radius 1 is 1.50 bits per heavy atom. The first-order chi connectivity index (χ1) is 9.51. The summed E-state index contributed by atoms with van der Waals surface area (Å²) in [5.41, 5.74) is 6.52. The number of morpholine rings is 1. The normalized spacial score (nSPS) is 23.1. The number of nitrogen functional groups attached to an aromatic ring is 1. The van der Waals surface area contributed by atoms with Gasteiger partial charge in [0.2, 0.25) is 5.88 Å². The summed E-state index contributed by atoms with van der Waals surface area (Å²) < 4.78 is 11.2. The summed E-state index contributed by atoms with van der Waals surface area (Å²) in [4.78, 5) is 10.3. The molecule has 2 heterocycles. The van der Waals surface area contributed by atoms with Crippen molar-refractivity contribution in [3.8, 4) is 5.88 Å². The van der Waals surface area contributed by atoms with E-state index in [1.165, 1.54) is 6.33 Å². The topological polar surface area (TPSA) is 93.7 Å². The van der Waals surface area contributed by atoms with Gasteiger partial charge in [0, 0.05) is 13.1 Å². The summed E-state index contributed by atoms with van der Waals surface area (Å²) in [7, 11) is 0. The summed E-state index contributed by atoms with van der Waals surface area (Å²) in [5, 5.41) is 9.28. The number of aliphatic hydroxyl groups is 1. The molecule has 0 saturated carbocycles. The van der Waals surface area contributed by atoms with Crippen LogP contribution in [0.2, 0.25) is 0 Å². The van der Waals surface area contributed by atoms with Crippen LogP contribution in [0.15, 0.2) is 6.33 Å². The van der Waals surface area contributed by atoms with Gasteiger partial charge in [-0.15, -0.1) is 0 Å². The second-order valence-corrected chi connectivity index (χ2v) is 5.24. The zero-order valence-electron chi connectivity index (χ0n) is 12.1. The van der Waals surface area contributed by atoms with Crippen molar-refractivity contribution in [3.05, 3.63) is 6.33 Å². The first-order valence-corrected chi connectivity index (χ1v) is 6.79. The van der Waals surface area contributed by atoms with E-state index < -0.39 is 0 Å². The molecule has 1 aliphatic rings. The van der Waals surface area contributed by atoms with Crippen molar-refractivity contribution >= 4 is 11.5 Å². The largest absolute Gasteiger partial charge is 0.473 e. The second-order valence-electron chi connectivity index (χ2n) is 5.24. The van der Waals surface area contributed by atoms with E-state index in [4.69, 9.17) is 15.2 Å². The van der Waals surface area contributed by atoms with Crippen LogP contribution < -0.4 is 15.4 Å². The minimum Gasteiger partial charge on any atom is -0.473 e. The summed E-state index contributed by atoms with van der Waals surface area (Å²) in [6.07, 6.45) is 1.21. The van der Waals surface area contributed by atoms with E-state index in [9.17, 15) is 5.11 Å². The van der Waals surface area contributed by atoms with Crippen LogP contribution in [-0.4, -0.2) is 53.1 Å². The Labute approximate surface area is 118 Å². The van der Waals surface area contributed by atoms with Gasteiger partial charge < -0.3 is 25.2 Å². The standard InChI is InChI=1S/C13H22N4O3/c1-8(2)19-13-11(14)12(15-7-16-13)17-4-9(3)20-10(5-17)6-18/h7-10,18H,4-6,14H2,1-3H3. The molecule has 0 aliphatic carbocycles. The highest BCUT2D eigenvalue weighted by Crippen LogP contribution is 2.30. The summed E-state index contributed by atoms with van der Waals surface area (Å²) in [5.74, 6) is 1.02. The van der Waals surface area contributed by atoms with E-state index >= 15 is 0 Å². The van der Waals surface area contributed by atoms with E-state index in [0.717, 1.165) is 0 Å². The summed E-state index contributed by atoms with van der Waals surface area (Å²) in [6.45, 7) is 6.97. The van der Waals surface area contributed by atoms with E-state index in [1.807, 2.05) is 25.7 Å². The molecule has 1 aromatic heterocycles. The maximum absolute atomic E-state index is 9.28. The third-order valence-electron chi connectivity index (χ3n) is 3.00. The highest BCUT2D eigenvalue weighted by Gasteiger charge is 2.27. The van der Waals surface area contributed by atoms with Gasteiger partial charge in [-0.1, -0.05) is 0 Å². The molecule has 1 aromatic rings. The molecular weight excluding hydrogens is 260 g/mol. The van der Waals surface area contributed by atoms with Gasteiger partial charge in [-0.05, 0) is 20.8 Å². The third-order valence-corrected chi connectivity index (χ3v) is 3.00. The molecule has 0 spiro atoms. The number of ether oxygens (including phenoxy) is 2. The SMILES string of the molecule is CC(C)Oc1ncnc(N2CC(C)OC(CO)C2)c1N. The zero-order chi connectivity index (χ0) is 14.7. The Morgan fingerprint density at radius 2 is 2.25 bits per heavy atom. The van der Waals surface area contributed by atoms with Crippen molar-refractivity contribution in [3.63, 3.8) is 0 Å². The number of anilines is 2. The van der Waals surface area contributed by atoms with Gasteiger partial charge in [-0.2, -0.15) is 4.98 Å². The molecule has 7 heteroatoms. The molecule has 0 amide bonds. The molecule has 2 unspecified atom stereocenters. The molecular formula is C13H22N4O3. The molecule has 2 atom stereocenters. The highest BCUT2D eigenvalue weighted by molar-refractivity contribution is 5.68. The van der Waals surface area contributed by atoms with Crippen LogP contribution in [0.1, 0.15) is 20.8 Å². The molecule has 3 N–H and O–H groups in total. The molecule has 1 fully saturated rings. The molecule has 0 radical (unpaired) electrons. The number of aromatic nitrogens is 2. The van der Waals surface area contributed by atoms with Gasteiger partial charge in [-0.25, -0.2) is 4.98 Å². The number of hydrogen-bond acceptors (Lipinski definition) is 7. The van der Waals surface area contributed by atoms with E-state index in [1.54, 1.807) is 0 Å². The zero-order valence-corrected chi connectivity index (χ0v) is 12.1. The van der Waals surface area contributed by atoms with Gasteiger partial charge in [0.05, 0.1) is 24.9 Å². The van der Waals surface area contributed by atoms with Gasteiger partial charge in [-0.3, -0.25) is 0 Å². The average molecular weight is 282 g/mol. The van der Waals surface area contributed by atoms with Crippen molar-refractivity contribution in [2.24, 2.45) is 0 Å². The monoisotopic (exact) mass is 282 g/mol. The Bertz CT molecular complexity index is 455. The second kappa shape index (κ2) is 6.23. The van der Waals surface area contributed by atoms with Crippen molar-refractivity contribution in [2.75, 3.05) is 30.3 Å². The number of hydrogen-bond donors (Lipinski definition) is 2. The predicted molar refractivity (Wildman–Crippen MR) is 75.8 cm³/mol. The van der Waals surface area contributed by atoms with Crippen molar-refractivity contribution in [1.82, 2.24) is 9.97 Å². The Balaban J connectivity index is 2.23. The lowest BCUT2D eigenvalue weighted by molar-refractivity contribution is -0.0422. The minimum absolute atomic E-state index is 0.00438. The molecule has 2 rings (SSSR count). The highest BCUT2D eigenvalue weighted by atomic mass is 16.5. The summed E-state index contributed by atoms with van der Waals surface area (Å²) >= 11 is 0. The number of aliphatic hydroxyl groups excluding tert-OH is 1. The third kappa shape index (κ3) is 3.29. The van der Waals surface area contributed by atoms with Crippen LogP contribution in [0.25, 0.3) is 0 Å². The lowest BCUT2D eigenvalue weighted by Gasteiger charge is -2.37. The van der Waals surface area contributed by atoms with Crippen molar-refractivity contribution in [1.29, 1.82) is 0 Å². The number of nitrogens with zero attached hydrogens (tertiary/aromatic N) is 3. The lowest BCUT2D eigenvalue weighted by atomic mass is 10.2. The predicted octanol–water partition coefficient (Wildman–Crippen LogP) is 0.432. The van der Waals surface area contributed by atoms with E-state index in [-0.39, 0.29) is 24.9 Å². The van der Waals surface area contributed by atoms with E-state index in [2.05, 4.69) is 9.97 Å². The lowest BCUT2D eigenvalue weighted by Crippen LogP contribution is -2.48. The first-order valence-electron chi connectivity index (χ1n) is 6.79. The molecule has 0 aromatic carbocycles. The van der Waals surface area contributed by atoms with Crippen LogP contribution in [0.3, 0.4) is 0 Å². The van der Waals surface area contributed by atoms with Gasteiger partial charge in [0.15, 0.2) is 5.82 Å². The van der Waals surface area contributed by atoms with Crippen molar-refractivity contribution < 1.29 is 14.6 Å². The van der Waals surface area contributed by atoms with Gasteiger partial charge in [0.25, 0.3) is 0 Å². The first kappa shape index (κ1) is 14.8. The maximum atomic E-state index is 9.28. The van der Waals surface area contributed by atoms with Crippen LogP contribution in [0.5, 0.6) is 5.88 Å². The van der Waals surface area contributed by atoms with Crippen LogP contribution in [0.4, 0.5) is 11.5 Å². The van der Waals surface area contributed by atoms with Crippen LogP contribution in [-0.2, 0) is 4.74 Å². The fraction of sp³-hybridized carbons (Fsp3) is 0.692. The molecule has 0 bridgehead atoms. The average Bonchev–Trinajstić information content (AvgIpc) is 2.40. The molecule has 112 valence electrons. The smallest absolute Gasteiger partial charge is 0.242 e. The Morgan fingerprint density at radius 3 is 2.90 bits per heavy atom. The number of nitrogens with two attached hydrogens (primary N) is 1. The quantitative estimate of drug-likeness (QED) is 0.827. The van der Waals surface area contributed by atoms with Crippen LogP contribution in [0, 0.1) is 0 Å². The van der Waals surface area contributed by atoms with Gasteiger partial charge in [0.1, 0.15) is 12.0 Å². The molecule has 7 nitrogen and oxygen atoms in total. The Kier molecular flexibility index (Phi) is 4.61. The van der Waals surface area contributed by atoms with Crippen LogP contribution >= 0.6 is 0 Å². The fourth-order valence-electron chi connectivity index (χ4n) is 2.26.